The molecule has 2 heterocycles. The smallest absolute Gasteiger partial charge is 0.255 e. The van der Waals surface area contributed by atoms with Gasteiger partial charge in [-0.2, -0.15) is 0 Å². The van der Waals surface area contributed by atoms with Crippen molar-refractivity contribution in [2.45, 2.75) is 19.4 Å². The first-order valence-corrected chi connectivity index (χ1v) is 8.78. The Bertz CT molecular complexity index is 878. The van der Waals surface area contributed by atoms with Crippen molar-refractivity contribution in [1.29, 1.82) is 0 Å². The van der Waals surface area contributed by atoms with Crippen molar-refractivity contribution < 1.29 is 0 Å². The van der Waals surface area contributed by atoms with Crippen LogP contribution in [0, 0.1) is 0 Å². The number of aromatic nitrogens is 3. The first-order valence-electron chi connectivity index (χ1n) is 8.78. The Morgan fingerprint density at radius 3 is 2.58 bits per heavy atom. The zero-order valence-corrected chi connectivity index (χ0v) is 14.6. The van der Waals surface area contributed by atoms with Crippen molar-refractivity contribution in [3.8, 4) is 11.3 Å². The van der Waals surface area contributed by atoms with Crippen LogP contribution in [0.5, 0.6) is 0 Å². The molecule has 0 aliphatic heterocycles. The van der Waals surface area contributed by atoms with Gasteiger partial charge in [-0.15, -0.1) is 0 Å². The molecule has 0 atom stereocenters. The normalized spacial score (nSPS) is 10.7. The monoisotopic (exact) mass is 349 g/mol. The lowest BCUT2D eigenvalue weighted by molar-refractivity contribution is 0.669. The largest absolute Gasteiger partial charge is 0.356 e. The highest BCUT2D eigenvalue weighted by Crippen LogP contribution is 2.16. The highest BCUT2D eigenvalue weighted by Gasteiger charge is 2.09. The molecule has 0 unspecified atom stereocenters. The molecule has 3 rings (SSSR count). The van der Waals surface area contributed by atoms with E-state index in [1.54, 1.807) is 23.0 Å². The SMILES string of the molecule is NCCn1c(NCCCc2ccccc2)nc(-c2ccncc2)cc1=O. The Morgan fingerprint density at radius 1 is 1.08 bits per heavy atom. The summed E-state index contributed by atoms with van der Waals surface area (Å²) >= 11 is 0. The maximum atomic E-state index is 12.5. The van der Waals surface area contributed by atoms with Gasteiger partial charge in [0.1, 0.15) is 0 Å². The zero-order chi connectivity index (χ0) is 18.2. The molecule has 0 saturated heterocycles. The molecule has 2 aromatic heterocycles. The van der Waals surface area contributed by atoms with Crippen molar-refractivity contribution in [3.63, 3.8) is 0 Å². The van der Waals surface area contributed by atoms with E-state index in [1.165, 1.54) is 5.56 Å². The third kappa shape index (κ3) is 4.55. The lowest BCUT2D eigenvalue weighted by Crippen LogP contribution is -2.28. The van der Waals surface area contributed by atoms with E-state index in [-0.39, 0.29) is 5.56 Å². The van der Waals surface area contributed by atoms with E-state index >= 15 is 0 Å². The van der Waals surface area contributed by atoms with Crippen LogP contribution in [-0.4, -0.2) is 27.6 Å². The number of benzene rings is 1. The third-order valence-corrected chi connectivity index (χ3v) is 4.11. The van der Waals surface area contributed by atoms with Gasteiger partial charge in [-0.1, -0.05) is 30.3 Å². The number of pyridine rings is 1. The number of nitrogens with zero attached hydrogens (tertiary/aromatic N) is 3. The molecule has 0 spiro atoms. The predicted octanol–water partition coefficient (Wildman–Crippen LogP) is 2.31. The fraction of sp³-hybridized carbons (Fsp3) is 0.250. The third-order valence-electron chi connectivity index (χ3n) is 4.11. The van der Waals surface area contributed by atoms with Crippen molar-refractivity contribution >= 4 is 5.95 Å². The molecule has 0 amide bonds. The Balaban J connectivity index is 1.75. The fourth-order valence-corrected chi connectivity index (χ4v) is 2.79. The first kappa shape index (κ1) is 17.8. The molecule has 0 aliphatic rings. The number of hydrogen-bond donors (Lipinski definition) is 2. The summed E-state index contributed by atoms with van der Waals surface area (Å²) in [5.74, 6) is 0.558. The highest BCUT2D eigenvalue weighted by atomic mass is 16.1. The Morgan fingerprint density at radius 2 is 1.85 bits per heavy atom. The van der Waals surface area contributed by atoms with E-state index < -0.39 is 0 Å². The number of rotatable bonds is 8. The second-order valence-corrected chi connectivity index (χ2v) is 6.00. The van der Waals surface area contributed by atoms with E-state index in [2.05, 4.69) is 27.4 Å². The first-order chi connectivity index (χ1) is 12.8. The van der Waals surface area contributed by atoms with Crippen LogP contribution < -0.4 is 16.6 Å². The molecule has 0 fully saturated rings. The number of hydrogen-bond acceptors (Lipinski definition) is 5. The molecule has 134 valence electrons. The zero-order valence-electron chi connectivity index (χ0n) is 14.6. The summed E-state index contributed by atoms with van der Waals surface area (Å²) in [4.78, 5) is 21.1. The lowest BCUT2D eigenvalue weighted by atomic mass is 10.1. The van der Waals surface area contributed by atoms with Crippen LogP contribution in [0.3, 0.4) is 0 Å². The summed E-state index contributed by atoms with van der Waals surface area (Å²) in [5, 5.41) is 3.30. The maximum Gasteiger partial charge on any atom is 0.255 e. The van der Waals surface area contributed by atoms with Crippen molar-refractivity contribution in [1.82, 2.24) is 14.5 Å². The quantitative estimate of drug-likeness (QED) is 0.610. The molecule has 6 heteroatoms. The number of nitrogens with two attached hydrogens (primary N) is 1. The minimum atomic E-state index is -0.108. The molecular weight excluding hydrogens is 326 g/mol. The van der Waals surface area contributed by atoms with E-state index in [1.807, 2.05) is 30.3 Å². The van der Waals surface area contributed by atoms with Crippen LogP contribution in [0.4, 0.5) is 5.95 Å². The lowest BCUT2D eigenvalue weighted by Gasteiger charge is -2.14. The van der Waals surface area contributed by atoms with Gasteiger partial charge in [0.25, 0.3) is 5.56 Å². The van der Waals surface area contributed by atoms with Gasteiger partial charge in [0.2, 0.25) is 5.95 Å². The second kappa shape index (κ2) is 8.92. The van der Waals surface area contributed by atoms with Crippen LogP contribution in [-0.2, 0) is 13.0 Å². The summed E-state index contributed by atoms with van der Waals surface area (Å²) in [6.07, 6.45) is 5.30. The van der Waals surface area contributed by atoms with Crippen molar-refractivity contribution in [2.75, 3.05) is 18.4 Å². The fourth-order valence-electron chi connectivity index (χ4n) is 2.79. The Kier molecular flexibility index (Phi) is 6.11. The van der Waals surface area contributed by atoms with E-state index in [0.29, 0.717) is 24.7 Å². The predicted molar refractivity (Wildman–Crippen MR) is 104 cm³/mol. The van der Waals surface area contributed by atoms with Gasteiger partial charge in [0.05, 0.1) is 5.69 Å². The number of nitrogens with one attached hydrogen (secondary N) is 1. The summed E-state index contributed by atoms with van der Waals surface area (Å²) in [6, 6.07) is 15.6. The molecule has 0 saturated carbocycles. The summed E-state index contributed by atoms with van der Waals surface area (Å²) in [6.45, 7) is 1.55. The summed E-state index contributed by atoms with van der Waals surface area (Å²) in [5.41, 5.74) is 8.35. The van der Waals surface area contributed by atoms with Crippen LogP contribution in [0.1, 0.15) is 12.0 Å². The molecule has 6 nitrogen and oxygen atoms in total. The topological polar surface area (TPSA) is 85.8 Å². The Labute approximate surface area is 152 Å². The van der Waals surface area contributed by atoms with E-state index in [4.69, 9.17) is 5.73 Å². The molecular formula is C20H23N5O. The molecule has 3 aromatic rings. The minimum Gasteiger partial charge on any atom is -0.356 e. The van der Waals surface area contributed by atoms with Gasteiger partial charge >= 0.3 is 0 Å². The minimum absolute atomic E-state index is 0.108. The maximum absolute atomic E-state index is 12.5. The van der Waals surface area contributed by atoms with Gasteiger partial charge in [-0.25, -0.2) is 4.98 Å². The van der Waals surface area contributed by atoms with Crippen LogP contribution in [0.2, 0.25) is 0 Å². The standard InChI is InChI=1S/C20H23N5O/c21-10-14-25-19(26)15-18(17-8-12-22-13-9-17)24-20(25)23-11-4-7-16-5-2-1-3-6-16/h1-3,5-6,8-9,12-13,15H,4,7,10-11,14,21H2,(H,23,24). The average molecular weight is 349 g/mol. The second-order valence-electron chi connectivity index (χ2n) is 6.00. The van der Waals surface area contributed by atoms with E-state index in [9.17, 15) is 4.79 Å². The van der Waals surface area contributed by atoms with Gasteiger partial charge in [-0.3, -0.25) is 14.3 Å². The van der Waals surface area contributed by atoms with Gasteiger partial charge in [-0.05, 0) is 30.5 Å². The molecule has 0 radical (unpaired) electrons. The van der Waals surface area contributed by atoms with Gasteiger partial charge < -0.3 is 11.1 Å². The number of anilines is 1. The van der Waals surface area contributed by atoms with Crippen LogP contribution in [0.25, 0.3) is 11.3 Å². The van der Waals surface area contributed by atoms with E-state index in [0.717, 1.165) is 24.9 Å². The van der Waals surface area contributed by atoms with Crippen LogP contribution in [0.15, 0.2) is 65.7 Å². The average Bonchev–Trinajstić information content (AvgIpc) is 2.69. The van der Waals surface area contributed by atoms with Crippen molar-refractivity contribution in [2.24, 2.45) is 5.73 Å². The number of aryl methyl sites for hydroxylation is 1. The van der Waals surface area contributed by atoms with Crippen LogP contribution >= 0.6 is 0 Å². The summed E-state index contributed by atoms with van der Waals surface area (Å²) in [7, 11) is 0. The molecule has 0 bridgehead atoms. The van der Waals surface area contributed by atoms with Gasteiger partial charge in [0.15, 0.2) is 0 Å². The Hall–Kier alpha value is -2.99. The summed E-state index contributed by atoms with van der Waals surface area (Å²) < 4.78 is 1.59. The van der Waals surface area contributed by atoms with Gasteiger partial charge in [0, 0.05) is 43.7 Å². The molecule has 0 aliphatic carbocycles. The molecule has 1 aromatic carbocycles. The molecule has 26 heavy (non-hydrogen) atoms. The van der Waals surface area contributed by atoms with Crippen molar-refractivity contribution in [3.05, 3.63) is 76.8 Å². The highest BCUT2D eigenvalue weighted by molar-refractivity contribution is 5.59. The molecule has 3 N–H and O–H groups in total.